The van der Waals surface area contributed by atoms with Crippen LogP contribution in [0.15, 0.2) is 36.4 Å². The van der Waals surface area contributed by atoms with E-state index in [1.54, 1.807) is 12.1 Å². The Morgan fingerprint density at radius 2 is 2.00 bits per heavy atom. The highest BCUT2D eigenvalue weighted by Gasteiger charge is 2.25. The van der Waals surface area contributed by atoms with Crippen molar-refractivity contribution in [2.24, 2.45) is 5.73 Å². The molecule has 3 aromatic rings. The summed E-state index contributed by atoms with van der Waals surface area (Å²) in [5, 5.41) is 1.84. The van der Waals surface area contributed by atoms with Crippen LogP contribution in [0.1, 0.15) is 33.9 Å². The zero-order chi connectivity index (χ0) is 16.8. The summed E-state index contributed by atoms with van der Waals surface area (Å²) in [5.74, 6) is -0.337. The molecular weight excluding hydrogens is 324 g/mol. The van der Waals surface area contributed by atoms with Gasteiger partial charge in [-0.15, -0.1) is 0 Å². The molecule has 1 atom stereocenters. The van der Waals surface area contributed by atoms with E-state index in [1.165, 1.54) is 12.7 Å². The number of ether oxygens (including phenoxy) is 1. The summed E-state index contributed by atoms with van der Waals surface area (Å²) in [4.78, 5) is 15.1. The van der Waals surface area contributed by atoms with Crippen LogP contribution in [0.25, 0.3) is 22.2 Å². The Bertz CT molecular complexity index is 944. The van der Waals surface area contributed by atoms with Gasteiger partial charge in [-0.2, -0.15) is 0 Å². The lowest BCUT2D eigenvalue weighted by atomic mass is 9.87. The lowest BCUT2D eigenvalue weighted by Gasteiger charge is -2.20. The van der Waals surface area contributed by atoms with Gasteiger partial charge in [-0.05, 0) is 47.7 Å². The number of carbonyl (C=O) groups excluding carboxylic acids is 1. The van der Waals surface area contributed by atoms with Crippen molar-refractivity contribution in [1.29, 1.82) is 0 Å². The first kappa shape index (κ1) is 15.2. The van der Waals surface area contributed by atoms with Gasteiger partial charge in [0.25, 0.3) is 0 Å². The summed E-state index contributed by atoms with van der Waals surface area (Å²) < 4.78 is 4.75. The van der Waals surface area contributed by atoms with Crippen LogP contribution in [0.5, 0.6) is 0 Å². The molecule has 1 aromatic heterocycles. The maximum Gasteiger partial charge on any atom is 0.337 e. The molecule has 4 nitrogen and oxygen atoms in total. The van der Waals surface area contributed by atoms with Crippen LogP contribution in [0, 0.1) is 0 Å². The highest BCUT2D eigenvalue weighted by molar-refractivity contribution is 6.35. The number of carbonyl (C=O) groups is 1. The molecular formula is C19H17ClN2O2. The third-order valence-corrected chi connectivity index (χ3v) is 5.05. The molecule has 1 aliphatic rings. The summed E-state index contributed by atoms with van der Waals surface area (Å²) in [5.41, 5.74) is 12.2. The van der Waals surface area contributed by atoms with Gasteiger partial charge in [-0.25, -0.2) is 4.79 Å². The van der Waals surface area contributed by atoms with E-state index >= 15 is 0 Å². The van der Waals surface area contributed by atoms with Crippen LogP contribution in [0.3, 0.4) is 0 Å². The van der Waals surface area contributed by atoms with E-state index in [0.29, 0.717) is 10.6 Å². The number of hydrogen-bond acceptors (Lipinski definition) is 3. The first-order valence-corrected chi connectivity index (χ1v) is 8.25. The number of benzene rings is 2. The molecule has 0 saturated carbocycles. The fourth-order valence-corrected chi connectivity index (χ4v) is 3.72. The monoisotopic (exact) mass is 340 g/mol. The minimum atomic E-state index is -0.337. The lowest BCUT2D eigenvalue weighted by molar-refractivity contribution is 0.0601. The van der Waals surface area contributed by atoms with Gasteiger partial charge >= 0.3 is 5.97 Å². The Morgan fingerprint density at radius 3 is 2.71 bits per heavy atom. The third kappa shape index (κ3) is 2.22. The minimum absolute atomic E-state index is 0.0441. The Kier molecular flexibility index (Phi) is 3.59. The molecule has 0 amide bonds. The summed E-state index contributed by atoms with van der Waals surface area (Å²) in [6.45, 7) is 0. The van der Waals surface area contributed by atoms with Gasteiger partial charge in [-0.3, -0.25) is 0 Å². The average molecular weight is 341 g/mol. The number of aromatic amines is 1. The van der Waals surface area contributed by atoms with Gasteiger partial charge < -0.3 is 15.5 Å². The van der Waals surface area contributed by atoms with Crippen molar-refractivity contribution in [2.75, 3.05) is 7.11 Å². The molecule has 0 spiro atoms. The molecule has 1 heterocycles. The third-order valence-electron chi connectivity index (χ3n) is 4.74. The molecule has 0 saturated heterocycles. The van der Waals surface area contributed by atoms with Crippen molar-refractivity contribution < 1.29 is 9.53 Å². The van der Waals surface area contributed by atoms with Gasteiger partial charge in [-0.1, -0.05) is 29.8 Å². The number of aromatic nitrogens is 1. The van der Waals surface area contributed by atoms with E-state index in [9.17, 15) is 4.79 Å². The van der Waals surface area contributed by atoms with Crippen molar-refractivity contribution >= 4 is 28.5 Å². The number of methoxy groups -OCH3 is 1. The lowest BCUT2D eigenvalue weighted by Crippen LogP contribution is -2.15. The van der Waals surface area contributed by atoms with E-state index in [-0.39, 0.29) is 12.0 Å². The number of H-pyrrole nitrogens is 1. The molecule has 2 aromatic carbocycles. The largest absolute Gasteiger partial charge is 0.465 e. The van der Waals surface area contributed by atoms with Gasteiger partial charge in [0, 0.05) is 17.1 Å². The highest BCUT2D eigenvalue weighted by atomic mass is 35.5. The Labute approximate surface area is 144 Å². The average Bonchev–Trinajstić information content (AvgIpc) is 3.00. The van der Waals surface area contributed by atoms with Gasteiger partial charge in [0.05, 0.1) is 23.2 Å². The second kappa shape index (κ2) is 5.65. The normalized spacial score (nSPS) is 16.4. The fourth-order valence-electron chi connectivity index (χ4n) is 3.52. The zero-order valence-electron chi connectivity index (χ0n) is 13.2. The molecule has 0 aliphatic heterocycles. The van der Waals surface area contributed by atoms with Crippen LogP contribution in [-0.4, -0.2) is 18.1 Å². The van der Waals surface area contributed by atoms with Crippen LogP contribution in [0.4, 0.5) is 0 Å². The predicted molar refractivity (Wildman–Crippen MR) is 95.3 cm³/mol. The summed E-state index contributed by atoms with van der Waals surface area (Å²) in [6.07, 6.45) is 1.82. The number of esters is 1. The molecule has 4 rings (SSSR count). The van der Waals surface area contributed by atoms with E-state index in [0.717, 1.165) is 40.6 Å². The molecule has 0 fully saturated rings. The van der Waals surface area contributed by atoms with Crippen LogP contribution < -0.4 is 5.73 Å². The van der Waals surface area contributed by atoms with Gasteiger partial charge in [0.1, 0.15) is 0 Å². The van der Waals surface area contributed by atoms with E-state index < -0.39 is 0 Å². The number of halogens is 1. The second-order valence-corrected chi connectivity index (χ2v) is 6.49. The van der Waals surface area contributed by atoms with Crippen molar-refractivity contribution in [3.8, 4) is 11.3 Å². The second-order valence-electron chi connectivity index (χ2n) is 6.08. The number of hydrogen-bond donors (Lipinski definition) is 2. The Balaban J connectivity index is 1.89. The summed E-state index contributed by atoms with van der Waals surface area (Å²) in [6, 6.07) is 11.4. The fraction of sp³-hybridized carbons (Fsp3) is 0.211. The number of rotatable bonds is 2. The van der Waals surface area contributed by atoms with Crippen molar-refractivity contribution in [2.45, 2.75) is 18.9 Å². The highest BCUT2D eigenvalue weighted by Crippen LogP contribution is 2.42. The number of nitrogens with one attached hydrogen (secondary N) is 1. The van der Waals surface area contributed by atoms with Crippen molar-refractivity contribution in [3.63, 3.8) is 0 Å². The Hall–Kier alpha value is -2.30. The summed E-state index contributed by atoms with van der Waals surface area (Å²) >= 11 is 6.38. The maximum atomic E-state index is 11.6. The van der Waals surface area contributed by atoms with E-state index in [2.05, 4.69) is 4.98 Å². The SMILES string of the molecule is COC(=O)c1ccc(-c2[nH]c3c(Cl)ccc4c3c2CCC4N)cc1. The predicted octanol–water partition coefficient (Wildman–Crippen LogP) is 4.22. The number of nitrogens with two attached hydrogens (primary N) is 1. The maximum absolute atomic E-state index is 11.6. The van der Waals surface area contributed by atoms with Gasteiger partial charge in [0.2, 0.25) is 0 Å². The molecule has 1 unspecified atom stereocenters. The zero-order valence-corrected chi connectivity index (χ0v) is 14.0. The first-order valence-electron chi connectivity index (χ1n) is 7.87. The summed E-state index contributed by atoms with van der Waals surface area (Å²) in [7, 11) is 1.38. The molecule has 0 radical (unpaired) electrons. The van der Waals surface area contributed by atoms with Crippen molar-refractivity contribution in [3.05, 3.63) is 58.1 Å². The van der Waals surface area contributed by atoms with Crippen molar-refractivity contribution in [1.82, 2.24) is 4.98 Å². The molecule has 1 aliphatic carbocycles. The molecule has 122 valence electrons. The standard InChI is InChI=1S/C19H17ClN2O2/c1-24-19(23)11-4-2-10(3-5-11)17-13-7-9-15(21)12-6-8-14(20)18(22-17)16(12)13/h2-6,8,15,22H,7,9,21H2,1H3. The first-order chi connectivity index (χ1) is 11.6. The van der Waals surface area contributed by atoms with Crippen LogP contribution in [-0.2, 0) is 11.2 Å². The van der Waals surface area contributed by atoms with E-state index in [4.69, 9.17) is 22.1 Å². The molecule has 5 heteroatoms. The van der Waals surface area contributed by atoms with Crippen LogP contribution >= 0.6 is 11.6 Å². The minimum Gasteiger partial charge on any atom is -0.465 e. The van der Waals surface area contributed by atoms with E-state index in [1.807, 2.05) is 24.3 Å². The Morgan fingerprint density at radius 1 is 1.25 bits per heavy atom. The molecule has 24 heavy (non-hydrogen) atoms. The smallest absolute Gasteiger partial charge is 0.337 e. The van der Waals surface area contributed by atoms with Crippen LogP contribution in [0.2, 0.25) is 5.02 Å². The topological polar surface area (TPSA) is 68.1 Å². The van der Waals surface area contributed by atoms with Gasteiger partial charge in [0.15, 0.2) is 0 Å². The molecule has 3 N–H and O–H groups in total. The quantitative estimate of drug-likeness (QED) is 0.686. The molecule has 0 bridgehead atoms. The number of aryl methyl sites for hydroxylation is 1.